The molecule has 0 radical (unpaired) electrons. The zero-order chi connectivity index (χ0) is 20.3. The minimum Gasteiger partial charge on any atom is -0.392 e. The topological polar surface area (TPSA) is 114 Å². The van der Waals surface area contributed by atoms with Crippen LogP contribution in [-0.4, -0.2) is 23.1 Å². The number of nitrogens with two attached hydrogens (primary N) is 1. The van der Waals surface area contributed by atoms with Crippen molar-refractivity contribution in [2.24, 2.45) is 5.73 Å². The van der Waals surface area contributed by atoms with Crippen molar-refractivity contribution in [2.45, 2.75) is 28.0 Å². The van der Waals surface area contributed by atoms with Crippen LogP contribution in [0.3, 0.4) is 0 Å². The van der Waals surface area contributed by atoms with E-state index in [1.54, 1.807) is 36.5 Å². The van der Waals surface area contributed by atoms with Gasteiger partial charge in [-0.15, -0.1) is 0 Å². The molecule has 0 atom stereocenters. The van der Waals surface area contributed by atoms with Gasteiger partial charge in [0.2, 0.25) is 0 Å². The van der Waals surface area contributed by atoms with Crippen LogP contribution < -0.4 is 5.73 Å². The lowest BCUT2D eigenvalue weighted by molar-refractivity contribution is 0.278. The maximum absolute atomic E-state index is 11.2. The third kappa shape index (κ3) is 4.54. The number of pyridine rings is 1. The Bertz CT molecular complexity index is 1100. The summed E-state index contributed by atoms with van der Waals surface area (Å²) in [6, 6.07) is 13.0. The Hall–Kier alpha value is -1.94. The van der Waals surface area contributed by atoms with Crippen molar-refractivity contribution in [3.8, 4) is 11.1 Å². The summed E-state index contributed by atoms with van der Waals surface area (Å²) in [4.78, 5) is 4.86. The van der Waals surface area contributed by atoms with Crippen molar-refractivity contribution >= 4 is 33.5 Å². The second-order valence-corrected chi connectivity index (χ2v) is 8.71. The Kier molecular flexibility index (Phi) is 6.39. The lowest BCUT2D eigenvalue weighted by Gasteiger charge is -2.14. The van der Waals surface area contributed by atoms with Crippen LogP contribution in [0.2, 0.25) is 5.02 Å². The van der Waals surface area contributed by atoms with Gasteiger partial charge in [0, 0.05) is 23.2 Å². The molecule has 0 fully saturated rings. The summed E-state index contributed by atoms with van der Waals surface area (Å²) in [5, 5.41) is 10.6. The second-order valence-electron chi connectivity index (χ2n) is 5.88. The number of aliphatic hydroxyl groups excluding tert-OH is 1. The van der Waals surface area contributed by atoms with Gasteiger partial charge in [-0.2, -0.15) is 8.42 Å². The maximum atomic E-state index is 11.2. The fourth-order valence-corrected chi connectivity index (χ4v) is 4.47. The van der Waals surface area contributed by atoms with Crippen molar-refractivity contribution in [3.05, 3.63) is 70.9 Å². The van der Waals surface area contributed by atoms with Gasteiger partial charge in [0.25, 0.3) is 10.1 Å². The highest BCUT2D eigenvalue weighted by Crippen LogP contribution is 2.39. The molecule has 2 aromatic carbocycles. The molecular formula is C19H17ClN2O4S2. The molecule has 146 valence electrons. The highest BCUT2D eigenvalue weighted by molar-refractivity contribution is 7.99. The van der Waals surface area contributed by atoms with Crippen LogP contribution >= 0.6 is 23.4 Å². The fraction of sp³-hybridized carbons (Fsp3) is 0.105. The Morgan fingerprint density at radius 2 is 1.79 bits per heavy atom. The fourth-order valence-electron chi connectivity index (χ4n) is 2.64. The molecule has 9 heteroatoms. The van der Waals surface area contributed by atoms with Gasteiger partial charge >= 0.3 is 0 Å². The number of aromatic nitrogens is 1. The number of aliphatic hydroxyl groups is 1. The van der Waals surface area contributed by atoms with E-state index in [1.807, 2.05) is 6.07 Å². The number of hydrogen-bond donors (Lipinski definition) is 3. The number of rotatable bonds is 6. The zero-order valence-electron chi connectivity index (χ0n) is 14.5. The third-order valence-corrected chi connectivity index (χ3v) is 6.57. The molecule has 0 amide bonds. The van der Waals surface area contributed by atoms with Gasteiger partial charge in [-0.3, -0.25) is 4.55 Å². The van der Waals surface area contributed by atoms with Crippen LogP contribution in [0.25, 0.3) is 11.1 Å². The minimum atomic E-state index is -4.25. The molecule has 6 nitrogen and oxygen atoms in total. The smallest absolute Gasteiger partial charge is 0.294 e. The average Bonchev–Trinajstić information content (AvgIpc) is 2.69. The Morgan fingerprint density at radius 1 is 1.07 bits per heavy atom. The SMILES string of the molecule is NCc1cc(-c2ccc(S(=O)(=O)O)cc2)cc(Cl)c1Sc1ncccc1CO. The monoisotopic (exact) mass is 436 g/mol. The van der Waals surface area contributed by atoms with Crippen LogP contribution in [0.15, 0.2) is 69.5 Å². The molecule has 0 aliphatic rings. The second kappa shape index (κ2) is 8.60. The first-order chi connectivity index (χ1) is 13.3. The van der Waals surface area contributed by atoms with Crippen LogP contribution in [0, 0.1) is 0 Å². The molecule has 0 bridgehead atoms. The summed E-state index contributed by atoms with van der Waals surface area (Å²) in [5.74, 6) is 0. The maximum Gasteiger partial charge on any atom is 0.294 e. The normalized spacial score (nSPS) is 11.6. The lowest BCUT2D eigenvalue weighted by Crippen LogP contribution is -2.01. The number of benzene rings is 2. The molecule has 4 N–H and O–H groups in total. The summed E-state index contributed by atoms with van der Waals surface area (Å²) in [6.45, 7) is 0.101. The Balaban J connectivity index is 2.00. The molecule has 3 rings (SSSR count). The van der Waals surface area contributed by atoms with Crippen molar-refractivity contribution in [2.75, 3.05) is 0 Å². The van der Waals surface area contributed by atoms with E-state index >= 15 is 0 Å². The molecule has 0 aliphatic heterocycles. The molecule has 0 saturated heterocycles. The summed E-state index contributed by atoms with van der Waals surface area (Å²) >= 11 is 7.84. The van der Waals surface area contributed by atoms with E-state index in [0.717, 1.165) is 21.6 Å². The standard InChI is InChI=1S/C19H17ClN2O4S2/c20-17-9-14(12-3-5-16(6-4-12)28(24,25)26)8-15(10-21)18(17)27-19-13(11-23)2-1-7-22-19/h1-9,23H,10-11,21H2,(H,24,25,26). The van der Waals surface area contributed by atoms with E-state index in [-0.39, 0.29) is 18.0 Å². The number of halogens is 1. The lowest BCUT2D eigenvalue weighted by atomic mass is 10.0. The molecular weight excluding hydrogens is 420 g/mol. The van der Waals surface area contributed by atoms with E-state index < -0.39 is 10.1 Å². The molecule has 1 heterocycles. The predicted octanol–water partition coefficient (Wildman–Crippen LogP) is 3.75. The van der Waals surface area contributed by atoms with Gasteiger partial charge in [0.15, 0.2) is 0 Å². The van der Waals surface area contributed by atoms with E-state index in [2.05, 4.69) is 4.98 Å². The van der Waals surface area contributed by atoms with Crippen LogP contribution in [-0.2, 0) is 23.3 Å². The van der Waals surface area contributed by atoms with Crippen molar-refractivity contribution in [1.29, 1.82) is 0 Å². The van der Waals surface area contributed by atoms with E-state index in [1.165, 1.54) is 23.9 Å². The molecule has 3 aromatic rings. The first-order valence-electron chi connectivity index (χ1n) is 8.16. The van der Waals surface area contributed by atoms with E-state index in [0.29, 0.717) is 15.6 Å². The summed E-state index contributed by atoms with van der Waals surface area (Å²) in [6.07, 6.45) is 1.64. The first kappa shape index (κ1) is 20.8. The molecule has 0 unspecified atom stereocenters. The van der Waals surface area contributed by atoms with Gasteiger partial charge in [-0.1, -0.05) is 41.6 Å². The van der Waals surface area contributed by atoms with Crippen LogP contribution in [0.4, 0.5) is 0 Å². The Morgan fingerprint density at radius 3 is 2.39 bits per heavy atom. The highest BCUT2D eigenvalue weighted by atomic mass is 35.5. The molecule has 0 spiro atoms. The van der Waals surface area contributed by atoms with Crippen molar-refractivity contribution in [1.82, 2.24) is 4.98 Å². The molecule has 0 aliphatic carbocycles. The van der Waals surface area contributed by atoms with E-state index in [9.17, 15) is 13.5 Å². The largest absolute Gasteiger partial charge is 0.392 e. The third-order valence-electron chi connectivity index (χ3n) is 4.04. The highest BCUT2D eigenvalue weighted by Gasteiger charge is 2.15. The molecule has 0 saturated carbocycles. The average molecular weight is 437 g/mol. The first-order valence-corrected chi connectivity index (χ1v) is 10.8. The van der Waals surface area contributed by atoms with Crippen LogP contribution in [0.1, 0.15) is 11.1 Å². The Labute approximate surface area is 172 Å². The van der Waals surface area contributed by atoms with Crippen LogP contribution in [0.5, 0.6) is 0 Å². The summed E-state index contributed by atoms with van der Waals surface area (Å²) in [5.41, 5.74) is 8.90. The van der Waals surface area contributed by atoms with Gasteiger partial charge in [0.05, 0.1) is 16.5 Å². The van der Waals surface area contributed by atoms with Crippen molar-refractivity contribution < 1.29 is 18.1 Å². The van der Waals surface area contributed by atoms with Gasteiger partial charge in [-0.05, 0) is 47.0 Å². The molecule has 1 aromatic heterocycles. The number of hydrogen-bond acceptors (Lipinski definition) is 6. The predicted molar refractivity (Wildman–Crippen MR) is 109 cm³/mol. The summed E-state index contributed by atoms with van der Waals surface area (Å²) < 4.78 is 31.5. The molecule has 28 heavy (non-hydrogen) atoms. The van der Waals surface area contributed by atoms with Crippen molar-refractivity contribution in [3.63, 3.8) is 0 Å². The minimum absolute atomic E-state index is 0.135. The van der Waals surface area contributed by atoms with Gasteiger partial charge in [0.1, 0.15) is 5.03 Å². The zero-order valence-corrected chi connectivity index (χ0v) is 16.9. The van der Waals surface area contributed by atoms with Gasteiger partial charge < -0.3 is 10.8 Å². The number of nitrogens with zero attached hydrogens (tertiary/aromatic N) is 1. The quantitative estimate of drug-likeness (QED) is 0.504. The van der Waals surface area contributed by atoms with Gasteiger partial charge in [-0.25, -0.2) is 4.98 Å². The summed E-state index contributed by atoms with van der Waals surface area (Å²) in [7, 11) is -4.25. The van der Waals surface area contributed by atoms with E-state index in [4.69, 9.17) is 21.9 Å².